The highest BCUT2D eigenvalue weighted by Gasteiger charge is 2.31. The van der Waals surface area contributed by atoms with Gasteiger partial charge in [-0.05, 0) is 42.5 Å². The minimum absolute atomic E-state index is 0.0143. The van der Waals surface area contributed by atoms with Crippen LogP contribution in [0, 0.1) is 0 Å². The highest BCUT2D eigenvalue weighted by atomic mass is 32.1. The maximum Gasteiger partial charge on any atom is 0.303 e. The maximum absolute atomic E-state index is 13.0. The van der Waals surface area contributed by atoms with Gasteiger partial charge in [0, 0.05) is 17.6 Å². The fraction of sp³-hybridized carbons (Fsp3) is 0.320. The van der Waals surface area contributed by atoms with E-state index in [0.29, 0.717) is 19.4 Å². The van der Waals surface area contributed by atoms with Gasteiger partial charge in [0.25, 0.3) is 0 Å². The van der Waals surface area contributed by atoms with Crippen molar-refractivity contribution < 1.29 is 19.4 Å². The van der Waals surface area contributed by atoms with Gasteiger partial charge in [-0.15, -0.1) is 11.3 Å². The molecule has 3 aromatic rings. The average molecular weight is 451 g/mol. The third-order valence-electron chi connectivity index (χ3n) is 5.54. The Labute approximate surface area is 191 Å². The van der Waals surface area contributed by atoms with Crippen molar-refractivity contribution in [3.8, 4) is 5.75 Å². The van der Waals surface area contributed by atoms with Crippen LogP contribution in [-0.4, -0.2) is 33.4 Å². The van der Waals surface area contributed by atoms with Crippen molar-refractivity contribution in [1.29, 1.82) is 0 Å². The molecule has 0 aliphatic carbocycles. The molecule has 1 fully saturated rings. The molecule has 0 bridgehead atoms. The number of hydrogen-bond acceptors (Lipinski definition) is 5. The van der Waals surface area contributed by atoms with E-state index in [1.54, 1.807) is 6.20 Å². The van der Waals surface area contributed by atoms with Crippen molar-refractivity contribution >= 4 is 23.2 Å². The van der Waals surface area contributed by atoms with Crippen molar-refractivity contribution in [3.05, 3.63) is 81.8 Å². The van der Waals surface area contributed by atoms with Crippen LogP contribution in [0.15, 0.2) is 60.8 Å². The van der Waals surface area contributed by atoms with Crippen LogP contribution < -0.4 is 4.74 Å². The lowest BCUT2D eigenvalue weighted by Gasteiger charge is -2.23. The molecule has 0 spiro atoms. The number of thiazole rings is 1. The van der Waals surface area contributed by atoms with E-state index in [-0.39, 0.29) is 18.4 Å². The van der Waals surface area contributed by atoms with Gasteiger partial charge in [-0.2, -0.15) is 0 Å². The number of nitrogens with zero attached hydrogens (tertiary/aromatic N) is 2. The fourth-order valence-corrected chi connectivity index (χ4v) is 4.93. The van der Waals surface area contributed by atoms with Gasteiger partial charge >= 0.3 is 5.97 Å². The number of carboxylic acid groups (broad SMARTS) is 1. The van der Waals surface area contributed by atoms with E-state index in [9.17, 15) is 9.59 Å². The molecule has 1 aliphatic heterocycles. The van der Waals surface area contributed by atoms with Gasteiger partial charge < -0.3 is 14.7 Å². The number of carboxylic acids is 1. The monoisotopic (exact) mass is 450 g/mol. The summed E-state index contributed by atoms with van der Waals surface area (Å²) in [5.74, 6) is 0.0580. The fourth-order valence-electron chi connectivity index (χ4n) is 3.86. The van der Waals surface area contributed by atoms with Gasteiger partial charge in [-0.25, -0.2) is 4.98 Å². The molecule has 1 N–H and O–H groups in total. The number of aliphatic carboxylic acids is 1. The number of aromatic nitrogens is 1. The summed E-state index contributed by atoms with van der Waals surface area (Å²) >= 11 is 1.52. The number of likely N-dealkylation sites (tertiary alicyclic amines) is 1. The zero-order valence-corrected chi connectivity index (χ0v) is 18.6. The molecule has 166 valence electrons. The summed E-state index contributed by atoms with van der Waals surface area (Å²) in [6, 6.07) is 17.7. The van der Waals surface area contributed by atoms with Gasteiger partial charge in [0.15, 0.2) is 0 Å². The molecule has 2 aromatic carbocycles. The largest absolute Gasteiger partial charge is 0.489 e. The van der Waals surface area contributed by atoms with E-state index in [4.69, 9.17) is 9.84 Å². The standard InChI is InChI=1S/C25H26N2O4S/c28-23(15-18-8-10-20(11-9-18)31-17-19-5-2-1-3-6-19)27-14-4-7-22(27)25-26-16-21(32-25)12-13-24(29)30/h1-3,5-6,8-11,16,22H,4,7,12-15,17H2,(H,29,30). The molecule has 2 heterocycles. The smallest absolute Gasteiger partial charge is 0.303 e. The van der Waals surface area contributed by atoms with Crippen LogP contribution in [-0.2, 0) is 29.0 Å². The van der Waals surface area contributed by atoms with Crippen LogP contribution in [0.5, 0.6) is 5.75 Å². The Balaban J connectivity index is 1.33. The number of rotatable bonds is 9. The Bertz CT molecular complexity index is 1050. The second-order valence-electron chi connectivity index (χ2n) is 7.90. The minimum Gasteiger partial charge on any atom is -0.489 e. The zero-order chi connectivity index (χ0) is 22.3. The van der Waals surface area contributed by atoms with Gasteiger partial charge in [0.2, 0.25) is 5.91 Å². The summed E-state index contributed by atoms with van der Waals surface area (Å²) in [5, 5.41) is 9.77. The molecule has 0 saturated carbocycles. The molecular formula is C25H26N2O4S. The van der Waals surface area contributed by atoms with Crippen LogP contribution in [0.2, 0.25) is 0 Å². The molecule has 6 nitrogen and oxygen atoms in total. The van der Waals surface area contributed by atoms with Crippen LogP contribution in [0.3, 0.4) is 0 Å². The van der Waals surface area contributed by atoms with E-state index in [2.05, 4.69) is 4.98 Å². The van der Waals surface area contributed by atoms with Gasteiger partial charge in [-0.1, -0.05) is 42.5 Å². The lowest BCUT2D eigenvalue weighted by molar-refractivity contribution is -0.137. The molecule has 32 heavy (non-hydrogen) atoms. The first-order valence-electron chi connectivity index (χ1n) is 10.8. The van der Waals surface area contributed by atoms with Crippen molar-refractivity contribution in [2.75, 3.05) is 6.54 Å². The highest BCUT2D eigenvalue weighted by Crippen LogP contribution is 2.35. The van der Waals surface area contributed by atoms with E-state index in [0.717, 1.165) is 46.1 Å². The maximum atomic E-state index is 13.0. The Hall–Kier alpha value is -3.19. The summed E-state index contributed by atoms with van der Waals surface area (Å²) in [5.41, 5.74) is 2.06. The van der Waals surface area contributed by atoms with E-state index < -0.39 is 5.97 Å². The lowest BCUT2D eigenvalue weighted by atomic mass is 10.1. The summed E-state index contributed by atoms with van der Waals surface area (Å²) in [4.78, 5) is 31.2. The molecule has 1 unspecified atom stereocenters. The molecule has 7 heteroatoms. The molecule has 4 rings (SSSR count). The third-order valence-corrected chi connectivity index (χ3v) is 6.70. The van der Waals surface area contributed by atoms with E-state index in [1.807, 2.05) is 59.5 Å². The number of carbonyl (C=O) groups excluding carboxylic acids is 1. The second kappa shape index (κ2) is 10.4. The molecule has 1 aromatic heterocycles. The molecule has 1 atom stereocenters. The number of hydrogen-bond donors (Lipinski definition) is 1. The first-order chi connectivity index (χ1) is 15.6. The number of ether oxygens (including phenoxy) is 1. The average Bonchev–Trinajstić information content (AvgIpc) is 3.47. The topological polar surface area (TPSA) is 79.7 Å². The summed E-state index contributed by atoms with van der Waals surface area (Å²) < 4.78 is 5.82. The molecule has 1 saturated heterocycles. The number of benzene rings is 2. The first kappa shape index (κ1) is 22.0. The van der Waals surface area contributed by atoms with E-state index in [1.165, 1.54) is 11.3 Å². The Morgan fingerprint density at radius 3 is 2.62 bits per heavy atom. The zero-order valence-electron chi connectivity index (χ0n) is 17.8. The molecular weight excluding hydrogens is 424 g/mol. The van der Waals surface area contributed by atoms with Crippen molar-refractivity contribution in [2.24, 2.45) is 0 Å². The van der Waals surface area contributed by atoms with Gasteiger partial charge in [0.05, 0.1) is 18.9 Å². The number of aryl methyl sites for hydroxylation is 1. The number of amides is 1. The van der Waals surface area contributed by atoms with Gasteiger partial charge in [-0.3, -0.25) is 9.59 Å². The minimum atomic E-state index is -0.811. The van der Waals surface area contributed by atoms with Crippen molar-refractivity contribution in [3.63, 3.8) is 0 Å². The van der Waals surface area contributed by atoms with Crippen LogP contribution in [0.25, 0.3) is 0 Å². The highest BCUT2D eigenvalue weighted by molar-refractivity contribution is 7.11. The Morgan fingerprint density at radius 1 is 1.09 bits per heavy atom. The lowest BCUT2D eigenvalue weighted by Crippen LogP contribution is -2.31. The predicted molar refractivity (Wildman–Crippen MR) is 123 cm³/mol. The molecule has 1 aliphatic rings. The first-order valence-corrected chi connectivity index (χ1v) is 11.6. The summed E-state index contributed by atoms with van der Waals surface area (Å²) in [6.07, 6.45) is 4.51. The third kappa shape index (κ3) is 5.73. The molecule has 1 amide bonds. The molecule has 0 radical (unpaired) electrons. The second-order valence-corrected chi connectivity index (χ2v) is 9.05. The van der Waals surface area contributed by atoms with Gasteiger partial charge in [0.1, 0.15) is 17.4 Å². The van der Waals surface area contributed by atoms with Crippen LogP contribution in [0.1, 0.15) is 46.3 Å². The van der Waals surface area contributed by atoms with Crippen molar-refractivity contribution in [1.82, 2.24) is 9.88 Å². The van der Waals surface area contributed by atoms with Crippen molar-refractivity contribution in [2.45, 2.75) is 44.8 Å². The van der Waals surface area contributed by atoms with Crippen LogP contribution in [0.4, 0.5) is 0 Å². The Morgan fingerprint density at radius 2 is 1.88 bits per heavy atom. The normalized spacial score (nSPS) is 15.6. The quantitative estimate of drug-likeness (QED) is 0.514. The predicted octanol–water partition coefficient (Wildman–Crippen LogP) is 4.65. The van der Waals surface area contributed by atoms with E-state index >= 15 is 0 Å². The Kier molecular flexibility index (Phi) is 7.17. The summed E-state index contributed by atoms with van der Waals surface area (Å²) in [7, 11) is 0. The summed E-state index contributed by atoms with van der Waals surface area (Å²) in [6.45, 7) is 1.24. The SMILES string of the molecule is O=C(O)CCc1cnc(C2CCCN2C(=O)Cc2ccc(OCc3ccccc3)cc2)s1. The number of carbonyl (C=O) groups is 2. The van der Waals surface area contributed by atoms with Crippen LogP contribution >= 0.6 is 11.3 Å².